The molecule has 0 saturated carbocycles. The van der Waals surface area contributed by atoms with Gasteiger partial charge >= 0.3 is 5.97 Å². The molecule has 0 unspecified atom stereocenters. The molecule has 0 aliphatic rings. The Hall–Kier alpha value is -1.33. The number of nitroso groups, excluding NO2 is 1. The van der Waals surface area contributed by atoms with Gasteiger partial charge in [-0.2, -0.15) is 0 Å². The third-order valence-electron chi connectivity index (χ3n) is 2.85. The van der Waals surface area contributed by atoms with Gasteiger partial charge in [0.2, 0.25) is 0 Å². The van der Waals surface area contributed by atoms with Crippen molar-refractivity contribution in [1.29, 1.82) is 0 Å². The summed E-state index contributed by atoms with van der Waals surface area (Å²) in [6.45, 7) is 1.36. The zero-order valence-electron chi connectivity index (χ0n) is 10.8. The SMILES string of the molecule is O=N[C@@H](Cc1ccc(N(CCCl)CCCl)cc1)C(=O)O. The normalized spacial score (nSPS) is 11.9. The van der Waals surface area contributed by atoms with E-state index >= 15 is 0 Å². The number of benzene rings is 1. The van der Waals surface area contributed by atoms with Crippen LogP contribution >= 0.6 is 23.2 Å². The van der Waals surface area contributed by atoms with Crippen molar-refractivity contribution < 1.29 is 9.90 Å². The lowest BCUT2D eigenvalue weighted by Gasteiger charge is -2.23. The molecule has 0 amide bonds. The van der Waals surface area contributed by atoms with Crippen molar-refractivity contribution in [3.63, 3.8) is 0 Å². The number of rotatable bonds is 9. The molecule has 7 heteroatoms. The van der Waals surface area contributed by atoms with Crippen molar-refractivity contribution in [3.8, 4) is 0 Å². The molecule has 1 N–H and O–H groups in total. The lowest BCUT2D eigenvalue weighted by Crippen LogP contribution is -2.27. The average Bonchev–Trinajstić information content (AvgIpc) is 2.45. The van der Waals surface area contributed by atoms with Crippen molar-refractivity contribution in [2.45, 2.75) is 12.5 Å². The molecule has 0 radical (unpaired) electrons. The molecule has 0 heterocycles. The van der Waals surface area contributed by atoms with Crippen LogP contribution in [0.4, 0.5) is 5.69 Å². The largest absolute Gasteiger partial charge is 0.480 e. The molecule has 110 valence electrons. The second kappa shape index (κ2) is 8.76. The van der Waals surface area contributed by atoms with Gasteiger partial charge in [-0.05, 0) is 17.7 Å². The van der Waals surface area contributed by atoms with Gasteiger partial charge in [-0.1, -0.05) is 17.3 Å². The quantitative estimate of drug-likeness (QED) is 0.561. The van der Waals surface area contributed by atoms with Crippen LogP contribution in [0.2, 0.25) is 0 Å². The predicted molar refractivity (Wildman–Crippen MR) is 81.0 cm³/mol. The number of aliphatic carboxylic acids is 1. The maximum atomic E-state index is 10.7. The van der Waals surface area contributed by atoms with E-state index in [1.54, 1.807) is 12.1 Å². The van der Waals surface area contributed by atoms with E-state index in [4.69, 9.17) is 28.3 Å². The molecular formula is C13H16Cl2N2O3. The van der Waals surface area contributed by atoms with Crippen LogP contribution < -0.4 is 4.90 Å². The number of hydrogen-bond donors (Lipinski definition) is 1. The molecule has 0 aromatic heterocycles. The maximum absolute atomic E-state index is 10.7. The van der Waals surface area contributed by atoms with Gasteiger partial charge in [-0.3, -0.25) is 0 Å². The van der Waals surface area contributed by atoms with E-state index in [-0.39, 0.29) is 6.42 Å². The monoisotopic (exact) mass is 318 g/mol. The summed E-state index contributed by atoms with van der Waals surface area (Å²) in [7, 11) is 0. The highest BCUT2D eigenvalue weighted by Gasteiger charge is 2.18. The highest BCUT2D eigenvalue weighted by atomic mass is 35.5. The number of halogens is 2. The lowest BCUT2D eigenvalue weighted by molar-refractivity contribution is -0.138. The maximum Gasteiger partial charge on any atom is 0.332 e. The minimum atomic E-state index is -1.25. The number of hydrogen-bond acceptors (Lipinski definition) is 4. The number of carboxylic acids is 1. The molecular weight excluding hydrogens is 303 g/mol. The van der Waals surface area contributed by atoms with Crippen LogP contribution in [0.1, 0.15) is 5.56 Å². The van der Waals surface area contributed by atoms with Crippen molar-refractivity contribution in [2.75, 3.05) is 29.7 Å². The van der Waals surface area contributed by atoms with Crippen LogP contribution in [0.25, 0.3) is 0 Å². The van der Waals surface area contributed by atoms with Crippen LogP contribution in [-0.4, -0.2) is 42.0 Å². The zero-order chi connectivity index (χ0) is 15.0. The molecule has 20 heavy (non-hydrogen) atoms. The molecule has 0 saturated heterocycles. The van der Waals surface area contributed by atoms with E-state index < -0.39 is 12.0 Å². The fourth-order valence-electron chi connectivity index (χ4n) is 1.81. The van der Waals surface area contributed by atoms with Gasteiger partial charge in [0.25, 0.3) is 0 Å². The zero-order valence-corrected chi connectivity index (χ0v) is 12.3. The molecule has 0 spiro atoms. The predicted octanol–water partition coefficient (Wildman–Crippen LogP) is 2.73. The Balaban J connectivity index is 2.76. The second-order valence-electron chi connectivity index (χ2n) is 4.20. The van der Waals surface area contributed by atoms with Gasteiger partial charge in [0.15, 0.2) is 6.04 Å². The topological polar surface area (TPSA) is 70.0 Å². The summed E-state index contributed by atoms with van der Waals surface area (Å²) in [6.07, 6.45) is 0.0874. The highest BCUT2D eigenvalue weighted by molar-refractivity contribution is 6.18. The van der Waals surface area contributed by atoms with Gasteiger partial charge in [0.05, 0.1) is 0 Å². The first kappa shape index (κ1) is 16.7. The average molecular weight is 319 g/mol. The summed E-state index contributed by atoms with van der Waals surface area (Å²) in [4.78, 5) is 23.2. The number of carboxylic acid groups (broad SMARTS) is 1. The van der Waals surface area contributed by atoms with Crippen molar-refractivity contribution in [2.24, 2.45) is 5.18 Å². The minimum Gasteiger partial charge on any atom is -0.480 e. The van der Waals surface area contributed by atoms with Crippen molar-refractivity contribution in [3.05, 3.63) is 34.7 Å². The molecule has 5 nitrogen and oxygen atoms in total. The first-order chi connectivity index (χ1) is 9.62. The van der Waals surface area contributed by atoms with Gasteiger partial charge in [-0.15, -0.1) is 28.1 Å². The summed E-state index contributed by atoms with van der Waals surface area (Å²) in [6, 6.07) is 6.04. The van der Waals surface area contributed by atoms with Gasteiger partial charge in [-0.25, -0.2) is 4.79 Å². The van der Waals surface area contributed by atoms with E-state index in [0.29, 0.717) is 24.8 Å². The molecule has 0 fully saturated rings. The Morgan fingerprint density at radius 2 is 1.75 bits per heavy atom. The first-order valence-corrected chi connectivity index (χ1v) is 7.20. The summed E-state index contributed by atoms with van der Waals surface area (Å²) in [5.74, 6) is -0.223. The van der Waals surface area contributed by atoms with Crippen LogP contribution in [-0.2, 0) is 11.2 Å². The van der Waals surface area contributed by atoms with Crippen LogP contribution in [0.3, 0.4) is 0 Å². The van der Waals surface area contributed by atoms with E-state index in [9.17, 15) is 9.70 Å². The van der Waals surface area contributed by atoms with E-state index in [1.807, 2.05) is 17.0 Å². The van der Waals surface area contributed by atoms with Gasteiger partial charge in [0, 0.05) is 37.0 Å². The summed E-state index contributed by atoms with van der Waals surface area (Å²) in [5, 5.41) is 11.4. The number of anilines is 1. The van der Waals surface area contributed by atoms with Gasteiger partial charge in [0.1, 0.15) is 0 Å². The Kier molecular flexibility index (Phi) is 7.33. The molecule has 1 aromatic rings. The number of nitrogens with zero attached hydrogens (tertiary/aromatic N) is 2. The summed E-state index contributed by atoms with van der Waals surface area (Å²) in [5.41, 5.74) is 1.71. The Morgan fingerprint density at radius 1 is 1.20 bits per heavy atom. The molecule has 1 atom stereocenters. The Labute approximate surface area is 127 Å². The van der Waals surface area contributed by atoms with E-state index in [1.165, 1.54) is 0 Å². The number of alkyl halides is 2. The summed E-state index contributed by atoms with van der Waals surface area (Å²) >= 11 is 11.5. The molecule has 0 bridgehead atoms. The van der Waals surface area contributed by atoms with Crippen LogP contribution in [0.5, 0.6) is 0 Å². The fourth-order valence-corrected chi connectivity index (χ4v) is 2.22. The van der Waals surface area contributed by atoms with E-state index in [2.05, 4.69) is 5.18 Å². The Bertz CT molecular complexity index is 434. The third kappa shape index (κ3) is 4.98. The summed E-state index contributed by atoms with van der Waals surface area (Å²) < 4.78 is 0. The van der Waals surface area contributed by atoms with E-state index in [0.717, 1.165) is 11.3 Å². The van der Waals surface area contributed by atoms with Crippen LogP contribution in [0, 0.1) is 4.91 Å². The van der Waals surface area contributed by atoms with Crippen molar-refractivity contribution >= 4 is 34.9 Å². The molecule has 0 aliphatic carbocycles. The highest BCUT2D eigenvalue weighted by Crippen LogP contribution is 2.17. The van der Waals surface area contributed by atoms with Crippen molar-refractivity contribution in [1.82, 2.24) is 0 Å². The molecule has 1 rings (SSSR count). The molecule has 0 aliphatic heterocycles. The fraction of sp³-hybridized carbons (Fsp3) is 0.462. The minimum absolute atomic E-state index is 0.0874. The van der Waals surface area contributed by atoms with Gasteiger partial charge < -0.3 is 10.0 Å². The first-order valence-electron chi connectivity index (χ1n) is 6.13. The number of carbonyl (C=O) groups is 1. The Morgan fingerprint density at radius 3 is 2.15 bits per heavy atom. The smallest absolute Gasteiger partial charge is 0.332 e. The van der Waals surface area contributed by atoms with Crippen LogP contribution in [0.15, 0.2) is 29.4 Å². The lowest BCUT2D eigenvalue weighted by atomic mass is 10.1. The second-order valence-corrected chi connectivity index (χ2v) is 4.95. The standard InChI is InChI=1S/C13H16Cl2N2O3/c14-5-7-17(8-6-15)11-3-1-10(2-4-11)9-12(16-20)13(18)19/h1-4,12H,5-9H2,(H,18,19)/t12-/m0/s1. The third-order valence-corrected chi connectivity index (χ3v) is 3.19. The molecule has 1 aromatic carbocycles.